The van der Waals surface area contributed by atoms with Gasteiger partial charge in [0.15, 0.2) is 0 Å². The van der Waals surface area contributed by atoms with Gasteiger partial charge in [-0.1, -0.05) is 47.7 Å². The maximum Gasteiger partial charge on any atom is 0.227 e. The zero-order valence-corrected chi connectivity index (χ0v) is 15.2. The fourth-order valence-corrected chi connectivity index (χ4v) is 3.58. The van der Waals surface area contributed by atoms with Gasteiger partial charge in [0, 0.05) is 13.1 Å². The first kappa shape index (κ1) is 16.6. The Balaban J connectivity index is 1.21. The molecule has 0 N–H and O–H groups in total. The molecule has 1 saturated heterocycles. The summed E-state index contributed by atoms with van der Waals surface area (Å²) in [5.74, 6) is 0.147. The van der Waals surface area contributed by atoms with E-state index in [4.69, 9.17) is 0 Å². The molecule has 2 aromatic carbocycles. The van der Waals surface area contributed by atoms with Gasteiger partial charge in [-0.2, -0.15) is 15.0 Å². The summed E-state index contributed by atoms with van der Waals surface area (Å²) in [6.45, 7) is 1.81. The topological polar surface area (TPSA) is 81.7 Å². The molecule has 0 unspecified atom stereocenters. The molecule has 5 rings (SSSR count). The van der Waals surface area contributed by atoms with Crippen LogP contribution < -0.4 is 0 Å². The van der Waals surface area contributed by atoms with Crippen LogP contribution in [0.3, 0.4) is 0 Å². The number of benzene rings is 2. The number of hydrogen-bond acceptors (Lipinski definition) is 5. The molecule has 1 fully saturated rings. The Morgan fingerprint density at radius 3 is 2.68 bits per heavy atom. The number of carbonyl (C=O) groups excluding carboxylic acids is 1. The third kappa shape index (κ3) is 3.13. The van der Waals surface area contributed by atoms with E-state index in [0.717, 1.165) is 22.0 Å². The summed E-state index contributed by atoms with van der Waals surface area (Å²) in [5, 5.41) is 18.8. The smallest absolute Gasteiger partial charge is 0.227 e. The number of rotatable bonds is 5. The molecular formula is C20H19N7O. The fraction of sp³-hybridized carbons (Fsp3) is 0.250. The minimum atomic E-state index is 0.147. The quantitative estimate of drug-likeness (QED) is 0.532. The lowest BCUT2D eigenvalue weighted by molar-refractivity contribution is -0.136. The van der Waals surface area contributed by atoms with Crippen LogP contribution in [0.15, 0.2) is 61.1 Å². The maximum absolute atomic E-state index is 12.7. The highest BCUT2D eigenvalue weighted by Crippen LogP contribution is 2.24. The van der Waals surface area contributed by atoms with Gasteiger partial charge in [0.25, 0.3) is 0 Å². The zero-order chi connectivity index (χ0) is 18.9. The van der Waals surface area contributed by atoms with Gasteiger partial charge in [-0.3, -0.25) is 4.79 Å². The summed E-state index contributed by atoms with van der Waals surface area (Å²) in [5.41, 5.74) is 1.87. The minimum Gasteiger partial charge on any atom is -0.338 e. The number of nitrogens with zero attached hydrogens (tertiary/aromatic N) is 7. The van der Waals surface area contributed by atoms with E-state index >= 15 is 0 Å². The molecule has 0 aliphatic carbocycles. The lowest BCUT2D eigenvalue weighted by Crippen LogP contribution is -2.51. The summed E-state index contributed by atoms with van der Waals surface area (Å²) in [4.78, 5) is 16.1. The van der Waals surface area contributed by atoms with Crippen molar-refractivity contribution in [3.05, 3.63) is 72.3 Å². The van der Waals surface area contributed by atoms with Gasteiger partial charge in [0.1, 0.15) is 12.2 Å². The number of aromatic nitrogens is 6. The second-order valence-electron chi connectivity index (χ2n) is 7.02. The van der Waals surface area contributed by atoms with Crippen LogP contribution >= 0.6 is 0 Å². The van der Waals surface area contributed by atoms with E-state index in [1.54, 1.807) is 17.2 Å². The third-order valence-electron chi connectivity index (χ3n) is 5.14. The first-order chi connectivity index (χ1) is 13.8. The summed E-state index contributed by atoms with van der Waals surface area (Å²) >= 11 is 0. The van der Waals surface area contributed by atoms with Crippen LogP contribution in [-0.2, 0) is 17.8 Å². The molecule has 0 radical (unpaired) electrons. The molecule has 2 aromatic heterocycles. The lowest BCUT2D eigenvalue weighted by atomic mass is 10.0. The molecule has 0 spiro atoms. The normalized spacial score (nSPS) is 14.4. The Morgan fingerprint density at radius 1 is 1.04 bits per heavy atom. The summed E-state index contributed by atoms with van der Waals surface area (Å²) < 4.78 is 1.83. The molecule has 140 valence electrons. The first-order valence-electron chi connectivity index (χ1n) is 9.25. The number of carbonyl (C=O) groups is 1. The van der Waals surface area contributed by atoms with E-state index in [-0.39, 0.29) is 11.9 Å². The van der Waals surface area contributed by atoms with Crippen LogP contribution in [0.5, 0.6) is 0 Å². The molecule has 1 aliphatic heterocycles. The van der Waals surface area contributed by atoms with Crippen LogP contribution in [0, 0.1) is 0 Å². The van der Waals surface area contributed by atoms with Gasteiger partial charge in [-0.25, -0.2) is 4.68 Å². The Kier molecular flexibility index (Phi) is 4.08. The highest BCUT2D eigenvalue weighted by Gasteiger charge is 2.32. The predicted molar refractivity (Wildman–Crippen MR) is 102 cm³/mol. The van der Waals surface area contributed by atoms with Crippen molar-refractivity contribution in [3.63, 3.8) is 0 Å². The highest BCUT2D eigenvalue weighted by molar-refractivity contribution is 5.90. The van der Waals surface area contributed by atoms with E-state index in [2.05, 4.69) is 38.7 Å². The summed E-state index contributed by atoms with van der Waals surface area (Å²) in [6, 6.07) is 14.5. The Hall–Kier alpha value is -3.55. The van der Waals surface area contributed by atoms with Crippen LogP contribution in [0.2, 0.25) is 0 Å². The number of fused-ring (bicyclic) bond motifs is 1. The van der Waals surface area contributed by atoms with Crippen molar-refractivity contribution in [2.75, 3.05) is 13.1 Å². The monoisotopic (exact) mass is 373 g/mol. The van der Waals surface area contributed by atoms with E-state index < -0.39 is 0 Å². The van der Waals surface area contributed by atoms with Crippen molar-refractivity contribution in [2.45, 2.75) is 19.0 Å². The Morgan fingerprint density at radius 2 is 1.82 bits per heavy atom. The van der Waals surface area contributed by atoms with Gasteiger partial charge in [0.2, 0.25) is 5.91 Å². The van der Waals surface area contributed by atoms with Crippen molar-refractivity contribution in [1.82, 2.24) is 34.9 Å². The van der Waals surface area contributed by atoms with Crippen LogP contribution in [0.4, 0.5) is 0 Å². The zero-order valence-electron chi connectivity index (χ0n) is 15.2. The third-order valence-corrected chi connectivity index (χ3v) is 5.14. The van der Waals surface area contributed by atoms with Crippen LogP contribution in [0.1, 0.15) is 17.3 Å². The van der Waals surface area contributed by atoms with Gasteiger partial charge in [-0.15, -0.1) is 5.10 Å². The molecule has 1 aliphatic rings. The first-order valence-corrected chi connectivity index (χ1v) is 9.25. The van der Waals surface area contributed by atoms with Gasteiger partial charge in [-0.05, 0) is 16.3 Å². The van der Waals surface area contributed by atoms with Crippen LogP contribution in [-0.4, -0.2) is 53.9 Å². The van der Waals surface area contributed by atoms with E-state index in [1.807, 2.05) is 40.0 Å². The van der Waals surface area contributed by atoms with E-state index in [9.17, 15) is 4.79 Å². The van der Waals surface area contributed by atoms with Gasteiger partial charge >= 0.3 is 0 Å². The Labute approximate surface area is 161 Å². The standard InChI is InChI=1S/C20H19N7O/c28-20(10-16-6-3-5-15-4-1-2-7-19(15)16)25-13-18(14-25)26-11-17(23-24-26)12-27-21-8-9-22-27/h1-9,11,18H,10,12-14H2. The minimum absolute atomic E-state index is 0.147. The Bertz CT molecular complexity index is 1110. The van der Waals surface area contributed by atoms with Crippen molar-refractivity contribution < 1.29 is 4.79 Å². The molecule has 8 nitrogen and oxygen atoms in total. The average Bonchev–Trinajstić information content (AvgIpc) is 3.34. The van der Waals surface area contributed by atoms with Crippen LogP contribution in [0.25, 0.3) is 10.8 Å². The van der Waals surface area contributed by atoms with Crippen molar-refractivity contribution in [2.24, 2.45) is 0 Å². The molecule has 8 heteroatoms. The molecule has 0 saturated carbocycles. The van der Waals surface area contributed by atoms with E-state index in [0.29, 0.717) is 26.1 Å². The summed E-state index contributed by atoms with van der Waals surface area (Å²) in [7, 11) is 0. The molecule has 0 atom stereocenters. The maximum atomic E-state index is 12.7. The van der Waals surface area contributed by atoms with Gasteiger partial charge < -0.3 is 4.90 Å². The molecule has 0 bridgehead atoms. The van der Waals surface area contributed by atoms with Crippen molar-refractivity contribution >= 4 is 16.7 Å². The number of hydrogen-bond donors (Lipinski definition) is 0. The SMILES string of the molecule is O=C(Cc1cccc2ccccc12)N1CC(n2cc(Cn3nccn3)nn2)C1. The molecule has 1 amide bonds. The second kappa shape index (κ2) is 6.88. The van der Waals surface area contributed by atoms with E-state index in [1.165, 1.54) is 0 Å². The predicted octanol–water partition coefficient (Wildman–Crippen LogP) is 1.70. The number of amides is 1. The molecule has 3 heterocycles. The fourth-order valence-electron chi connectivity index (χ4n) is 3.58. The molecule has 4 aromatic rings. The van der Waals surface area contributed by atoms with Crippen molar-refractivity contribution in [1.29, 1.82) is 0 Å². The largest absolute Gasteiger partial charge is 0.338 e. The number of likely N-dealkylation sites (tertiary alicyclic amines) is 1. The van der Waals surface area contributed by atoms with Gasteiger partial charge in [0.05, 0.1) is 31.1 Å². The molecular weight excluding hydrogens is 354 g/mol. The van der Waals surface area contributed by atoms with Crippen molar-refractivity contribution in [3.8, 4) is 0 Å². The highest BCUT2D eigenvalue weighted by atomic mass is 16.2. The summed E-state index contributed by atoms with van der Waals surface area (Å²) in [6.07, 6.45) is 5.59. The lowest BCUT2D eigenvalue weighted by Gasteiger charge is -2.39. The molecule has 28 heavy (non-hydrogen) atoms. The second-order valence-corrected chi connectivity index (χ2v) is 7.02. The average molecular weight is 373 g/mol.